The maximum Gasteiger partial charge on any atom is -0.0269 e. The zero-order valence-corrected chi connectivity index (χ0v) is 10.3. The van der Waals surface area contributed by atoms with E-state index in [4.69, 9.17) is 0 Å². The highest BCUT2D eigenvalue weighted by Gasteiger charge is 2.49. The van der Waals surface area contributed by atoms with Gasteiger partial charge >= 0.3 is 0 Å². The van der Waals surface area contributed by atoms with Gasteiger partial charge in [0.15, 0.2) is 0 Å². The first-order chi connectivity index (χ1) is 7.29. The predicted molar refractivity (Wildman–Crippen MR) is 64.7 cm³/mol. The lowest BCUT2D eigenvalue weighted by Gasteiger charge is -2.56. The van der Waals surface area contributed by atoms with Gasteiger partial charge < -0.3 is 0 Å². The molecule has 0 amide bonds. The van der Waals surface area contributed by atoms with E-state index in [0.29, 0.717) is 0 Å². The van der Waals surface area contributed by atoms with Crippen LogP contribution in [0.25, 0.3) is 0 Å². The van der Waals surface area contributed by atoms with E-state index in [1.54, 1.807) is 44.9 Å². The third-order valence-corrected chi connectivity index (χ3v) is 6.09. The van der Waals surface area contributed by atoms with Gasteiger partial charge in [-0.25, -0.2) is 0 Å². The highest BCUT2D eigenvalue weighted by molar-refractivity contribution is 5.00. The van der Waals surface area contributed by atoms with Crippen molar-refractivity contribution in [2.75, 3.05) is 0 Å². The van der Waals surface area contributed by atoms with E-state index in [9.17, 15) is 0 Å². The molecule has 0 aliphatic heterocycles. The van der Waals surface area contributed by atoms with E-state index >= 15 is 0 Å². The minimum Gasteiger partial charge on any atom is -0.0591 e. The first kappa shape index (κ1) is 10.2. The molecule has 0 heteroatoms. The first-order valence-corrected chi connectivity index (χ1v) is 7.29. The predicted octanol–water partition coefficient (Wildman–Crippen LogP) is 4.78. The van der Waals surface area contributed by atoms with Gasteiger partial charge in [0.25, 0.3) is 0 Å². The standard InChI is InChI=1S/C15H26/c1-15(13-7-4-8-13)10-9-14(15)11-12-5-2-3-6-12/h12-14H,2-11H2,1H3. The van der Waals surface area contributed by atoms with Crippen LogP contribution in [0.1, 0.15) is 71.1 Å². The molecule has 0 aromatic heterocycles. The van der Waals surface area contributed by atoms with Gasteiger partial charge in [-0.05, 0) is 55.3 Å². The summed E-state index contributed by atoms with van der Waals surface area (Å²) in [6.07, 6.45) is 15.5. The lowest BCUT2D eigenvalue weighted by Crippen LogP contribution is -2.46. The fourth-order valence-electron chi connectivity index (χ4n) is 4.44. The molecule has 3 aliphatic carbocycles. The van der Waals surface area contributed by atoms with Gasteiger partial charge in [0, 0.05) is 0 Å². The summed E-state index contributed by atoms with van der Waals surface area (Å²) in [4.78, 5) is 0. The average molecular weight is 206 g/mol. The van der Waals surface area contributed by atoms with Crippen molar-refractivity contribution >= 4 is 0 Å². The minimum atomic E-state index is 0.792. The Kier molecular flexibility index (Phi) is 2.57. The summed E-state index contributed by atoms with van der Waals surface area (Å²) in [5, 5.41) is 0. The third kappa shape index (κ3) is 1.65. The summed E-state index contributed by atoms with van der Waals surface area (Å²) >= 11 is 0. The molecule has 86 valence electrons. The summed E-state index contributed by atoms with van der Waals surface area (Å²) in [5.74, 6) is 3.36. The average Bonchev–Trinajstić information content (AvgIpc) is 2.62. The van der Waals surface area contributed by atoms with Gasteiger partial charge in [0.2, 0.25) is 0 Å². The second-order valence-electron chi connectivity index (χ2n) is 6.76. The molecule has 0 nitrogen and oxygen atoms in total. The first-order valence-electron chi connectivity index (χ1n) is 7.29. The maximum absolute atomic E-state index is 2.61. The van der Waals surface area contributed by atoms with Crippen molar-refractivity contribution < 1.29 is 0 Å². The molecular formula is C15H26. The van der Waals surface area contributed by atoms with Crippen molar-refractivity contribution in [3.63, 3.8) is 0 Å². The van der Waals surface area contributed by atoms with Crippen molar-refractivity contribution in [1.82, 2.24) is 0 Å². The smallest absolute Gasteiger partial charge is 0.0269 e. The Bertz CT molecular complexity index is 222. The van der Waals surface area contributed by atoms with Crippen LogP contribution in [0.5, 0.6) is 0 Å². The summed E-state index contributed by atoms with van der Waals surface area (Å²) in [7, 11) is 0. The summed E-state index contributed by atoms with van der Waals surface area (Å²) in [5.41, 5.74) is 0.792. The molecule has 3 fully saturated rings. The van der Waals surface area contributed by atoms with Crippen LogP contribution >= 0.6 is 0 Å². The molecule has 0 bridgehead atoms. The highest BCUT2D eigenvalue weighted by Crippen LogP contribution is 2.59. The van der Waals surface area contributed by atoms with Crippen LogP contribution in [-0.2, 0) is 0 Å². The lowest BCUT2D eigenvalue weighted by atomic mass is 9.49. The Labute approximate surface area is 94.8 Å². The second-order valence-corrected chi connectivity index (χ2v) is 6.76. The number of rotatable bonds is 3. The Morgan fingerprint density at radius 2 is 1.67 bits per heavy atom. The van der Waals surface area contributed by atoms with Crippen molar-refractivity contribution in [1.29, 1.82) is 0 Å². The van der Waals surface area contributed by atoms with Crippen LogP contribution in [0.15, 0.2) is 0 Å². The maximum atomic E-state index is 2.61. The fourth-order valence-corrected chi connectivity index (χ4v) is 4.44. The SMILES string of the molecule is CC1(C2CCC2)CCC1CC1CCCC1. The molecular weight excluding hydrogens is 180 g/mol. The summed E-state index contributed by atoms with van der Waals surface area (Å²) < 4.78 is 0. The number of hydrogen-bond acceptors (Lipinski definition) is 0. The molecule has 0 saturated heterocycles. The largest absolute Gasteiger partial charge is 0.0591 e. The van der Waals surface area contributed by atoms with Crippen LogP contribution in [-0.4, -0.2) is 0 Å². The van der Waals surface area contributed by atoms with Gasteiger partial charge in [-0.1, -0.05) is 39.0 Å². The monoisotopic (exact) mass is 206 g/mol. The third-order valence-electron chi connectivity index (χ3n) is 6.09. The Morgan fingerprint density at radius 1 is 0.933 bits per heavy atom. The topological polar surface area (TPSA) is 0 Å². The Hall–Kier alpha value is 0. The molecule has 0 N–H and O–H groups in total. The van der Waals surface area contributed by atoms with E-state index in [1.807, 2.05) is 0 Å². The van der Waals surface area contributed by atoms with Crippen LogP contribution in [0.3, 0.4) is 0 Å². The van der Waals surface area contributed by atoms with Crippen LogP contribution in [0.4, 0.5) is 0 Å². The van der Waals surface area contributed by atoms with Crippen molar-refractivity contribution in [3.05, 3.63) is 0 Å². The second kappa shape index (κ2) is 3.79. The zero-order chi connectivity index (χ0) is 10.3. The van der Waals surface area contributed by atoms with Crippen molar-refractivity contribution in [2.24, 2.45) is 23.2 Å². The van der Waals surface area contributed by atoms with Crippen LogP contribution in [0.2, 0.25) is 0 Å². The molecule has 2 atom stereocenters. The van der Waals surface area contributed by atoms with Gasteiger partial charge in [-0.2, -0.15) is 0 Å². The van der Waals surface area contributed by atoms with E-state index in [2.05, 4.69) is 6.92 Å². The Morgan fingerprint density at radius 3 is 2.13 bits per heavy atom. The number of hydrogen-bond donors (Lipinski definition) is 0. The lowest BCUT2D eigenvalue weighted by molar-refractivity contribution is -0.0593. The van der Waals surface area contributed by atoms with Crippen molar-refractivity contribution in [3.8, 4) is 0 Å². The van der Waals surface area contributed by atoms with E-state index in [1.165, 1.54) is 19.3 Å². The molecule has 0 aromatic rings. The van der Waals surface area contributed by atoms with E-state index in [-0.39, 0.29) is 0 Å². The molecule has 0 aromatic carbocycles. The van der Waals surface area contributed by atoms with Gasteiger partial charge in [0.1, 0.15) is 0 Å². The molecule has 0 spiro atoms. The molecule has 2 unspecified atom stereocenters. The Balaban J connectivity index is 1.56. The van der Waals surface area contributed by atoms with Gasteiger partial charge in [-0.15, -0.1) is 0 Å². The quantitative estimate of drug-likeness (QED) is 0.623. The van der Waals surface area contributed by atoms with Gasteiger partial charge in [-0.3, -0.25) is 0 Å². The molecule has 3 rings (SSSR count). The molecule has 3 aliphatic rings. The molecule has 0 radical (unpaired) electrons. The van der Waals surface area contributed by atoms with Crippen LogP contribution in [0, 0.1) is 23.2 Å². The van der Waals surface area contributed by atoms with Gasteiger partial charge in [0.05, 0.1) is 0 Å². The summed E-state index contributed by atoms with van der Waals surface area (Å²) in [6.45, 7) is 2.61. The zero-order valence-electron chi connectivity index (χ0n) is 10.3. The van der Waals surface area contributed by atoms with E-state index in [0.717, 1.165) is 23.2 Å². The van der Waals surface area contributed by atoms with Crippen molar-refractivity contribution in [2.45, 2.75) is 71.1 Å². The van der Waals surface area contributed by atoms with E-state index < -0.39 is 0 Å². The molecule has 15 heavy (non-hydrogen) atoms. The summed E-state index contributed by atoms with van der Waals surface area (Å²) in [6, 6.07) is 0. The normalized spacial score (nSPS) is 42.6. The molecule has 3 saturated carbocycles. The van der Waals surface area contributed by atoms with Crippen LogP contribution < -0.4 is 0 Å². The minimum absolute atomic E-state index is 0.792. The highest BCUT2D eigenvalue weighted by atomic mass is 14.5. The molecule has 0 heterocycles. The fraction of sp³-hybridized carbons (Fsp3) is 1.00.